The van der Waals surface area contributed by atoms with E-state index in [0.717, 1.165) is 22.3 Å². The van der Waals surface area contributed by atoms with Crippen LogP contribution in [0.25, 0.3) is 11.1 Å². The van der Waals surface area contributed by atoms with Gasteiger partial charge < -0.3 is 15.2 Å². The fraction of sp³-hybridized carbons (Fsp3) is 0.300. The van der Waals surface area contributed by atoms with Gasteiger partial charge in [-0.2, -0.15) is 0 Å². The maximum atomic E-state index is 12.0. The standard InChI is InChI=1S/C20H21NO4/c1-13(23)10-14(11-22)21-20(24)25-12-19-17-8-4-2-6-15(17)16-7-3-5-9-18(16)19/h2-9,14,19,22H,10-12H2,1H3,(H,21,24)/t14-/m1/s1. The van der Waals surface area contributed by atoms with Crippen LogP contribution in [-0.2, 0) is 9.53 Å². The van der Waals surface area contributed by atoms with Crippen LogP contribution in [0.2, 0.25) is 0 Å². The topological polar surface area (TPSA) is 75.6 Å². The highest BCUT2D eigenvalue weighted by molar-refractivity contribution is 5.79. The Morgan fingerprint density at radius 2 is 1.64 bits per heavy atom. The molecular formula is C20H21NO4. The number of hydrogen-bond donors (Lipinski definition) is 2. The van der Waals surface area contributed by atoms with E-state index in [1.54, 1.807) is 0 Å². The van der Waals surface area contributed by atoms with Crippen LogP contribution in [0.4, 0.5) is 4.79 Å². The molecule has 0 radical (unpaired) electrons. The second-order valence-corrected chi connectivity index (χ2v) is 6.26. The number of hydrogen-bond acceptors (Lipinski definition) is 4. The molecule has 0 heterocycles. The van der Waals surface area contributed by atoms with Crippen molar-refractivity contribution in [2.75, 3.05) is 13.2 Å². The van der Waals surface area contributed by atoms with Gasteiger partial charge in [-0.15, -0.1) is 0 Å². The lowest BCUT2D eigenvalue weighted by Gasteiger charge is -2.17. The van der Waals surface area contributed by atoms with Crippen molar-refractivity contribution in [3.05, 3.63) is 59.7 Å². The summed E-state index contributed by atoms with van der Waals surface area (Å²) < 4.78 is 5.38. The van der Waals surface area contributed by atoms with Gasteiger partial charge in [0.2, 0.25) is 0 Å². The maximum absolute atomic E-state index is 12.0. The molecule has 0 bridgehead atoms. The summed E-state index contributed by atoms with van der Waals surface area (Å²) in [6.45, 7) is 1.32. The van der Waals surface area contributed by atoms with Crippen molar-refractivity contribution in [3.63, 3.8) is 0 Å². The monoisotopic (exact) mass is 339 g/mol. The highest BCUT2D eigenvalue weighted by Gasteiger charge is 2.29. The number of alkyl carbamates (subject to hydrolysis) is 1. The van der Waals surface area contributed by atoms with E-state index in [1.165, 1.54) is 6.92 Å². The van der Waals surface area contributed by atoms with Gasteiger partial charge in [0, 0.05) is 12.3 Å². The lowest BCUT2D eigenvalue weighted by Crippen LogP contribution is -2.39. The number of Topliss-reactive ketones (excluding diaryl/α,β-unsaturated/α-hetero) is 1. The van der Waals surface area contributed by atoms with Crippen molar-refractivity contribution < 1.29 is 19.4 Å². The highest BCUT2D eigenvalue weighted by Crippen LogP contribution is 2.44. The molecule has 0 spiro atoms. The minimum Gasteiger partial charge on any atom is -0.449 e. The Kier molecular flexibility index (Phi) is 5.14. The Hall–Kier alpha value is -2.66. The van der Waals surface area contributed by atoms with Crippen LogP contribution in [0.15, 0.2) is 48.5 Å². The molecule has 3 rings (SSSR count). The minimum absolute atomic E-state index is 0.0152. The number of rotatable bonds is 6. The molecule has 0 saturated heterocycles. The number of amides is 1. The predicted molar refractivity (Wildman–Crippen MR) is 94.4 cm³/mol. The quantitative estimate of drug-likeness (QED) is 0.848. The van der Waals surface area contributed by atoms with Crippen molar-refractivity contribution in [1.82, 2.24) is 5.32 Å². The van der Waals surface area contributed by atoms with Crippen LogP contribution in [0, 0.1) is 0 Å². The molecule has 1 atom stereocenters. The summed E-state index contributed by atoms with van der Waals surface area (Å²) in [6.07, 6.45) is -0.539. The number of ether oxygens (including phenoxy) is 1. The van der Waals surface area contributed by atoms with Crippen LogP contribution in [0.5, 0.6) is 0 Å². The summed E-state index contributed by atoms with van der Waals surface area (Å²) in [5.74, 6) is -0.114. The van der Waals surface area contributed by atoms with Crippen molar-refractivity contribution in [2.24, 2.45) is 0 Å². The molecule has 2 N–H and O–H groups in total. The van der Waals surface area contributed by atoms with E-state index in [0.29, 0.717) is 0 Å². The summed E-state index contributed by atoms with van der Waals surface area (Å²) in [4.78, 5) is 23.2. The SMILES string of the molecule is CC(=O)C[C@H](CO)NC(=O)OCC1c2ccccc2-c2ccccc21. The predicted octanol–water partition coefficient (Wildman–Crippen LogP) is 2.87. The highest BCUT2D eigenvalue weighted by atomic mass is 16.5. The molecule has 130 valence electrons. The summed E-state index contributed by atoms with van der Waals surface area (Å²) in [5, 5.41) is 11.8. The average molecular weight is 339 g/mol. The number of nitrogens with one attached hydrogen (secondary N) is 1. The van der Waals surface area contributed by atoms with Crippen molar-refractivity contribution >= 4 is 11.9 Å². The van der Waals surface area contributed by atoms with Crippen LogP contribution in [0.1, 0.15) is 30.4 Å². The molecule has 5 nitrogen and oxygen atoms in total. The lowest BCUT2D eigenvalue weighted by atomic mass is 9.98. The van der Waals surface area contributed by atoms with Gasteiger partial charge in [0.05, 0.1) is 12.6 Å². The maximum Gasteiger partial charge on any atom is 0.407 e. The molecule has 2 aromatic rings. The van der Waals surface area contributed by atoms with Gasteiger partial charge in [0.25, 0.3) is 0 Å². The molecule has 25 heavy (non-hydrogen) atoms. The molecule has 1 aliphatic rings. The smallest absolute Gasteiger partial charge is 0.407 e. The van der Waals surface area contributed by atoms with Gasteiger partial charge in [-0.3, -0.25) is 4.79 Å². The zero-order chi connectivity index (χ0) is 17.8. The zero-order valence-corrected chi connectivity index (χ0v) is 14.1. The fourth-order valence-corrected chi connectivity index (χ4v) is 3.31. The molecule has 1 aliphatic carbocycles. The van der Waals surface area contributed by atoms with Crippen molar-refractivity contribution in [2.45, 2.75) is 25.3 Å². The zero-order valence-electron chi connectivity index (χ0n) is 14.1. The lowest BCUT2D eigenvalue weighted by molar-refractivity contribution is -0.117. The van der Waals surface area contributed by atoms with Crippen molar-refractivity contribution in [1.29, 1.82) is 0 Å². The van der Waals surface area contributed by atoms with Gasteiger partial charge in [-0.25, -0.2) is 4.79 Å². The first kappa shape index (κ1) is 17.2. The first-order chi connectivity index (χ1) is 12.1. The third kappa shape index (κ3) is 3.72. The van der Waals surface area contributed by atoms with Gasteiger partial charge in [0.15, 0.2) is 0 Å². The number of aliphatic hydroxyl groups is 1. The van der Waals surface area contributed by atoms with Crippen molar-refractivity contribution in [3.8, 4) is 11.1 Å². The number of aliphatic hydroxyl groups excluding tert-OH is 1. The van der Waals surface area contributed by atoms with Gasteiger partial charge in [-0.05, 0) is 29.2 Å². The second kappa shape index (κ2) is 7.49. The number of carbonyl (C=O) groups is 2. The number of ketones is 1. The molecular weight excluding hydrogens is 318 g/mol. The third-order valence-electron chi connectivity index (χ3n) is 4.42. The Morgan fingerprint density at radius 1 is 1.08 bits per heavy atom. The molecule has 0 saturated carbocycles. The summed E-state index contributed by atoms with van der Waals surface area (Å²) in [6, 6.07) is 15.6. The average Bonchev–Trinajstić information content (AvgIpc) is 2.93. The van der Waals surface area contributed by atoms with Crippen LogP contribution >= 0.6 is 0 Å². The van der Waals surface area contributed by atoms with E-state index in [2.05, 4.69) is 17.4 Å². The summed E-state index contributed by atoms with van der Waals surface area (Å²) >= 11 is 0. The Balaban J connectivity index is 1.69. The Morgan fingerprint density at radius 3 is 2.16 bits per heavy atom. The van der Waals surface area contributed by atoms with Crippen LogP contribution in [-0.4, -0.2) is 36.2 Å². The van der Waals surface area contributed by atoms with E-state index < -0.39 is 12.1 Å². The first-order valence-electron chi connectivity index (χ1n) is 8.32. The third-order valence-corrected chi connectivity index (χ3v) is 4.42. The van der Waals surface area contributed by atoms with E-state index in [1.807, 2.05) is 36.4 Å². The number of fused-ring (bicyclic) bond motifs is 3. The van der Waals surface area contributed by atoms with E-state index in [-0.39, 0.29) is 31.3 Å². The van der Waals surface area contributed by atoms with Crippen LogP contribution in [0.3, 0.4) is 0 Å². The molecule has 0 fully saturated rings. The summed E-state index contributed by atoms with van der Waals surface area (Å²) in [5.41, 5.74) is 4.60. The molecule has 0 aliphatic heterocycles. The van der Waals surface area contributed by atoms with Gasteiger partial charge in [0.1, 0.15) is 12.4 Å². The van der Waals surface area contributed by atoms with Gasteiger partial charge in [-0.1, -0.05) is 48.5 Å². The normalized spacial score (nSPS) is 13.7. The Labute approximate surface area is 146 Å². The fourth-order valence-electron chi connectivity index (χ4n) is 3.31. The molecule has 1 amide bonds. The largest absolute Gasteiger partial charge is 0.449 e. The second-order valence-electron chi connectivity index (χ2n) is 6.26. The van der Waals surface area contributed by atoms with E-state index in [4.69, 9.17) is 4.74 Å². The molecule has 2 aromatic carbocycles. The molecule has 5 heteroatoms. The van der Waals surface area contributed by atoms with E-state index >= 15 is 0 Å². The first-order valence-corrected chi connectivity index (χ1v) is 8.32. The molecule has 0 aromatic heterocycles. The van der Waals surface area contributed by atoms with Crippen LogP contribution < -0.4 is 5.32 Å². The number of carbonyl (C=O) groups excluding carboxylic acids is 2. The van der Waals surface area contributed by atoms with E-state index in [9.17, 15) is 14.7 Å². The van der Waals surface area contributed by atoms with Gasteiger partial charge >= 0.3 is 6.09 Å². The molecule has 0 unspecified atom stereocenters. The Bertz CT molecular complexity index is 741. The summed E-state index contributed by atoms with van der Waals surface area (Å²) in [7, 11) is 0. The number of benzene rings is 2. The minimum atomic E-state index is -0.623.